The molecule has 1 aliphatic rings. The standard InChI is InChI=1S/C10H16O2/c1-4-10(12)5-7(2)8(3)9(11)6-10/h5,11-12H,4,6H2,1-3H3. The van der Waals surface area contributed by atoms with Gasteiger partial charge in [0.25, 0.3) is 0 Å². The van der Waals surface area contributed by atoms with Crippen molar-refractivity contribution in [3.05, 3.63) is 23.0 Å². The van der Waals surface area contributed by atoms with Crippen molar-refractivity contribution in [3.63, 3.8) is 0 Å². The Balaban J connectivity index is 2.99. The zero-order chi connectivity index (χ0) is 9.35. The fourth-order valence-electron chi connectivity index (χ4n) is 1.44. The van der Waals surface area contributed by atoms with E-state index in [1.54, 1.807) is 0 Å². The second-order valence-corrected chi connectivity index (χ2v) is 3.53. The van der Waals surface area contributed by atoms with Gasteiger partial charge in [-0.1, -0.05) is 6.92 Å². The molecular formula is C10H16O2. The van der Waals surface area contributed by atoms with Crippen molar-refractivity contribution in [1.82, 2.24) is 0 Å². The van der Waals surface area contributed by atoms with Gasteiger partial charge in [-0.2, -0.15) is 0 Å². The molecule has 1 atom stereocenters. The van der Waals surface area contributed by atoms with Crippen molar-refractivity contribution >= 4 is 0 Å². The van der Waals surface area contributed by atoms with Gasteiger partial charge in [0.1, 0.15) is 0 Å². The van der Waals surface area contributed by atoms with Gasteiger partial charge in [-0.25, -0.2) is 0 Å². The Bertz CT molecular complexity index is 251. The van der Waals surface area contributed by atoms with Crippen LogP contribution in [0.4, 0.5) is 0 Å². The molecule has 0 amide bonds. The van der Waals surface area contributed by atoms with Crippen molar-refractivity contribution in [2.24, 2.45) is 0 Å². The number of hydrogen-bond donors (Lipinski definition) is 2. The molecule has 0 aromatic heterocycles. The van der Waals surface area contributed by atoms with Gasteiger partial charge in [0, 0.05) is 6.42 Å². The van der Waals surface area contributed by atoms with Crippen molar-refractivity contribution in [1.29, 1.82) is 0 Å². The summed E-state index contributed by atoms with van der Waals surface area (Å²) in [4.78, 5) is 0. The van der Waals surface area contributed by atoms with E-state index < -0.39 is 5.60 Å². The Kier molecular flexibility index (Phi) is 2.29. The second-order valence-electron chi connectivity index (χ2n) is 3.53. The van der Waals surface area contributed by atoms with Gasteiger partial charge >= 0.3 is 0 Å². The lowest BCUT2D eigenvalue weighted by molar-refractivity contribution is 0.0714. The van der Waals surface area contributed by atoms with Gasteiger partial charge < -0.3 is 10.2 Å². The summed E-state index contributed by atoms with van der Waals surface area (Å²) in [5, 5.41) is 19.4. The smallest absolute Gasteiger partial charge is 0.0986 e. The van der Waals surface area contributed by atoms with Crippen LogP contribution in [0.1, 0.15) is 33.6 Å². The summed E-state index contributed by atoms with van der Waals surface area (Å²) in [7, 11) is 0. The molecule has 0 aromatic carbocycles. The quantitative estimate of drug-likeness (QED) is 0.630. The van der Waals surface area contributed by atoms with E-state index in [0.29, 0.717) is 18.6 Å². The Morgan fingerprint density at radius 1 is 1.50 bits per heavy atom. The Morgan fingerprint density at radius 2 is 2.08 bits per heavy atom. The summed E-state index contributed by atoms with van der Waals surface area (Å²) in [6.07, 6.45) is 2.83. The van der Waals surface area contributed by atoms with E-state index in [4.69, 9.17) is 0 Å². The first-order valence-corrected chi connectivity index (χ1v) is 4.29. The van der Waals surface area contributed by atoms with E-state index in [1.807, 2.05) is 26.8 Å². The van der Waals surface area contributed by atoms with Crippen LogP contribution in [-0.4, -0.2) is 15.8 Å². The number of aliphatic hydroxyl groups excluding tert-OH is 1. The topological polar surface area (TPSA) is 40.5 Å². The van der Waals surface area contributed by atoms with E-state index in [2.05, 4.69) is 0 Å². The number of rotatable bonds is 1. The molecule has 1 rings (SSSR count). The van der Waals surface area contributed by atoms with Gasteiger partial charge in [0.15, 0.2) is 0 Å². The molecule has 2 N–H and O–H groups in total. The molecule has 0 aliphatic heterocycles. The van der Waals surface area contributed by atoms with Crippen molar-refractivity contribution in [3.8, 4) is 0 Å². The maximum absolute atomic E-state index is 9.87. The minimum absolute atomic E-state index is 0.319. The molecule has 0 bridgehead atoms. The molecule has 12 heavy (non-hydrogen) atoms. The van der Waals surface area contributed by atoms with Crippen LogP contribution in [0, 0.1) is 0 Å². The molecule has 0 aromatic rings. The minimum atomic E-state index is -0.826. The average molecular weight is 168 g/mol. The molecule has 0 saturated heterocycles. The van der Waals surface area contributed by atoms with Crippen molar-refractivity contribution in [2.75, 3.05) is 0 Å². The first-order chi connectivity index (χ1) is 5.48. The zero-order valence-electron chi connectivity index (χ0n) is 7.89. The highest BCUT2D eigenvalue weighted by Crippen LogP contribution is 2.31. The van der Waals surface area contributed by atoms with Crippen LogP contribution in [-0.2, 0) is 0 Å². The highest BCUT2D eigenvalue weighted by molar-refractivity contribution is 5.36. The third-order valence-corrected chi connectivity index (χ3v) is 2.60. The second kappa shape index (κ2) is 2.94. The van der Waals surface area contributed by atoms with Gasteiger partial charge in [0.2, 0.25) is 0 Å². The van der Waals surface area contributed by atoms with Gasteiger partial charge in [-0.3, -0.25) is 0 Å². The third-order valence-electron chi connectivity index (χ3n) is 2.60. The van der Waals surface area contributed by atoms with Gasteiger partial charge in [0.05, 0.1) is 11.4 Å². The normalized spacial score (nSPS) is 30.5. The highest BCUT2D eigenvalue weighted by atomic mass is 16.3. The molecule has 1 aliphatic carbocycles. The first kappa shape index (κ1) is 9.33. The Hall–Kier alpha value is -0.760. The molecular weight excluding hydrogens is 152 g/mol. The SMILES string of the molecule is CCC1(O)C=C(C)C(C)=C(O)C1. The highest BCUT2D eigenvalue weighted by Gasteiger charge is 2.28. The summed E-state index contributed by atoms with van der Waals surface area (Å²) < 4.78 is 0. The van der Waals surface area contributed by atoms with E-state index in [1.165, 1.54) is 0 Å². The number of hydrogen-bond acceptors (Lipinski definition) is 2. The van der Waals surface area contributed by atoms with E-state index in [0.717, 1.165) is 11.1 Å². The fourth-order valence-corrected chi connectivity index (χ4v) is 1.44. The molecule has 0 radical (unpaired) electrons. The lowest BCUT2D eigenvalue weighted by Crippen LogP contribution is -2.28. The van der Waals surface area contributed by atoms with Gasteiger partial charge in [-0.05, 0) is 37.5 Å². The first-order valence-electron chi connectivity index (χ1n) is 4.29. The molecule has 0 spiro atoms. The van der Waals surface area contributed by atoms with E-state index >= 15 is 0 Å². The van der Waals surface area contributed by atoms with Crippen LogP contribution in [0.3, 0.4) is 0 Å². The average Bonchev–Trinajstić information content (AvgIpc) is 2.00. The molecule has 1 unspecified atom stereocenters. The van der Waals surface area contributed by atoms with E-state index in [9.17, 15) is 10.2 Å². The summed E-state index contributed by atoms with van der Waals surface area (Å²) in [6.45, 7) is 5.69. The number of aliphatic hydroxyl groups is 2. The predicted octanol–water partition coefficient (Wildman–Crippen LogP) is 2.31. The van der Waals surface area contributed by atoms with Crippen LogP contribution in [0.2, 0.25) is 0 Å². The van der Waals surface area contributed by atoms with Gasteiger partial charge in [-0.15, -0.1) is 0 Å². The predicted molar refractivity (Wildman–Crippen MR) is 48.9 cm³/mol. The molecule has 0 heterocycles. The summed E-state index contributed by atoms with van der Waals surface area (Å²) in [6, 6.07) is 0. The molecule has 68 valence electrons. The minimum Gasteiger partial charge on any atom is -0.512 e. The van der Waals surface area contributed by atoms with Crippen LogP contribution in [0.15, 0.2) is 23.0 Å². The van der Waals surface area contributed by atoms with Crippen LogP contribution in [0.25, 0.3) is 0 Å². The van der Waals surface area contributed by atoms with Crippen molar-refractivity contribution < 1.29 is 10.2 Å². The molecule has 0 saturated carbocycles. The lowest BCUT2D eigenvalue weighted by atomic mass is 9.85. The molecule has 2 heteroatoms. The third kappa shape index (κ3) is 1.53. The Labute approximate surface area is 73.2 Å². The summed E-state index contributed by atoms with van der Waals surface area (Å²) >= 11 is 0. The largest absolute Gasteiger partial charge is 0.512 e. The van der Waals surface area contributed by atoms with Crippen LogP contribution in [0.5, 0.6) is 0 Å². The number of allylic oxidation sites excluding steroid dienone is 2. The zero-order valence-corrected chi connectivity index (χ0v) is 7.89. The maximum atomic E-state index is 9.87. The molecule has 0 fully saturated rings. The Morgan fingerprint density at radius 3 is 2.50 bits per heavy atom. The van der Waals surface area contributed by atoms with Crippen molar-refractivity contribution in [2.45, 2.75) is 39.2 Å². The summed E-state index contributed by atoms with van der Waals surface area (Å²) in [5.74, 6) is 0.319. The maximum Gasteiger partial charge on any atom is 0.0986 e. The van der Waals surface area contributed by atoms with E-state index in [-0.39, 0.29) is 0 Å². The van der Waals surface area contributed by atoms with Crippen LogP contribution >= 0.6 is 0 Å². The monoisotopic (exact) mass is 168 g/mol. The summed E-state index contributed by atoms with van der Waals surface area (Å²) in [5.41, 5.74) is 1.05. The fraction of sp³-hybridized carbons (Fsp3) is 0.600. The lowest BCUT2D eigenvalue weighted by Gasteiger charge is -2.28. The van der Waals surface area contributed by atoms with Crippen LogP contribution < -0.4 is 0 Å². The molecule has 2 nitrogen and oxygen atoms in total.